The Labute approximate surface area is 156 Å². The van der Waals surface area contributed by atoms with Crippen LogP contribution in [0.15, 0.2) is 46.6 Å². The third-order valence-corrected chi connectivity index (χ3v) is 5.41. The van der Waals surface area contributed by atoms with Crippen molar-refractivity contribution in [1.82, 2.24) is 0 Å². The second-order valence-electron chi connectivity index (χ2n) is 7.04. The molecule has 27 heavy (non-hydrogen) atoms. The molecule has 3 rings (SSSR count). The smallest absolute Gasteiger partial charge is 0.334 e. The third kappa shape index (κ3) is 3.17. The van der Waals surface area contributed by atoms with Gasteiger partial charge in [-0.25, -0.2) is 9.59 Å². The molecule has 0 radical (unpaired) electrons. The molecular weight excluding hydrogens is 352 g/mol. The fraction of sp³-hybridized carbons (Fsp3) is 0.450. The van der Waals surface area contributed by atoms with Crippen molar-refractivity contribution in [2.75, 3.05) is 13.2 Å². The number of hydrogen-bond donors (Lipinski definition) is 2. The number of ketones is 1. The summed E-state index contributed by atoms with van der Waals surface area (Å²) in [6.45, 7) is 6.42. The highest BCUT2D eigenvalue weighted by Crippen LogP contribution is 2.48. The molecule has 7 nitrogen and oxygen atoms in total. The molecule has 0 saturated carbocycles. The Kier molecular flexibility index (Phi) is 5.17. The average Bonchev–Trinajstić information content (AvgIpc) is 3.01. The summed E-state index contributed by atoms with van der Waals surface area (Å²) in [5.74, 6) is -2.55. The number of aliphatic hydroxyl groups excluding tert-OH is 2. The van der Waals surface area contributed by atoms with E-state index in [1.807, 2.05) is 0 Å². The number of aliphatic hydroxyl groups is 2. The molecule has 0 spiro atoms. The summed E-state index contributed by atoms with van der Waals surface area (Å²) in [5.41, 5.74) is 2.03. The fourth-order valence-corrected chi connectivity index (χ4v) is 4.09. The van der Waals surface area contributed by atoms with Crippen LogP contribution in [0.4, 0.5) is 0 Å². The van der Waals surface area contributed by atoms with Gasteiger partial charge in [0.1, 0.15) is 12.2 Å². The van der Waals surface area contributed by atoms with Gasteiger partial charge >= 0.3 is 11.9 Å². The average molecular weight is 374 g/mol. The van der Waals surface area contributed by atoms with Crippen LogP contribution in [0.2, 0.25) is 0 Å². The number of rotatable bonds is 4. The second-order valence-corrected chi connectivity index (χ2v) is 7.04. The van der Waals surface area contributed by atoms with E-state index in [2.05, 4.69) is 6.58 Å². The van der Waals surface area contributed by atoms with Crippen molar-refractivity contribution in [3.8, 4) is 0 Å². The van der Waals surface area contributed by atoms with E-state index in [1.54, 1.807) is 6.92 Å². The van der Waals surface area contributed by atoms with Crippen LogP contribution in [0, 0.1) is 11.8 Å². The lowest BCUT2D eigenvalue weighted by atomic mass is 9.82. The van der Waals surface area contributed by atoms with Crippen molar-refractivity contribution < 1.29 is 34.1 Å². The number of hydrogen-bond acceptors (Lipinski definition) is 7. The zero-order chi connectivity index (χ0) is 19.9. The van der Waals surface area contributed by atoms with Crippen LogP contribution in [0.25, 0.3) is 0 Å². The van der Waals surface area contributed by atoms with E-state index in [4.69, 9.17) is 14.6 Å². The van der Waals surface area contributed by atoms with Gasteiger partial charge in [-0.2, -0.15) is 0 Å². The third-order valence-electron chi connectivity index (χ3n) is 5.41. The Bertz CT molecular complexity index is 814. The van der Waals surface area contributed by atoms with Crippen molar-refractivity contribution in [2.24, 2.45) is 11.8 Å². The van der Waals surface area contributed by atoms with Crippen LogP contribution in [-0.2, 0) is 23.9 Å². The second kappa shape index (κ2) is 7.25. The highest BCUT2D eigenvalue weighted by molar-refractivity contribution is 6.09. The Morgan fingerprint density at radius 1 is 1.41 bits per heavy atom. The Morgan fingerprint density at radius 3 is 2.74 bits per heavy atom. The highest BCUT2D eigenvalue weighted by Gasteiger charge is 2.54. The zero-order valence-corrected chi connectivity index (χ0v) is 15.2. The predicted octanol–water partition coefficient (Wildman–Crippen LogP) is 0.772. The van der Waals surface area contributed by atoms with E-state index in [0.29, 0.717) is 11.1 Å². The summed E-state index contributed by atoms with van der Waals surface area (Å²) in [6, 6.07) is 0. The normalized spacial score (nSPS) is 30.6. The Hall–Kier alpha value is -2.51. The summed E-state index contributed by atoms with van der Waals surface area (Å²) < 4.78 is 11.1. The largest absolute Gasteiger partial charge is 0.458 e. The molecular formula is C20H22O7. The lowest BCUT2D eigenvalue weighted by Crippen LogP contribution is -2.36. The molecule has 3 aliphatic rings. The summed E-state index contributed by atoms with van der Waals surface area (Å²) in [6.07, 6.45) is 1.38. The maximum absolute atomic E-state index is 12.5. The number of allylic oxidation sites excluding steroid dienone is 1. The van der Waals surface area contributed by atoms with Gasteiger partial charge in [0.25, 0.3) is 0 Å². The first-order chi connectivity index (χ1) is 12.8. The van der Waals surface area contributed by atoms with Gasteiger partial charge < -0.3 is 19.7 Å². The molecule has 7 heteroatoms. The molecule has 0 bridgehead atoms. The van der Waals surface area contributed by atoms with Crippen molar-refractivity contribution in [3.63, 3.8) is 0 Å². The van der Waals surface area contributed by atoms with Gasteiger partial charge in [-0.15, -0.1) is 0 Å². The number of esters is 2. The van der Waals surface area contributed by atoms with E-state index in [-0.39, 0.29) is 36.6 Å². The minimum atomic E-state index is -0.815. The molecule has 1 aliphatic heterocycles. The molecule has 0 aromatic carbocycles. The minimum absolute atomic E-state index is 0.101. The first-order valence-corrected chi connectivity index (χ1v) is 8.73. The van der Waals surface area contributed by atoms with Crippen LogP contribution in [0.3, 0.4) is 0 Å². The summed E-state index contributed by atoms with van der Waals surface area (Å²) in [4.78, 5) is 37.0. The number of ether oxygens (including phenoxy) is 2. The molecule has 4 atom stereocenters. The van der Waals surface area contributed by atoms with Crippen LogP contribution < -0.4 is 0 Å². The number of fused-ring (bicyclic) bond motifs is 3. The van der Waals surface area contributed by atoms with Crippen LogP contribution in [0.1, 0.15) is 20.3 Å². The molecule has 144 valence electrons. The molecule has 0 unspecified atom stereocenters. The predicted molar refractivity (Wildman–Crippen MR) is 94.2 cm³/mol. The van der Waals surface area contributed by atoms with Crippen molar-refractivity contribution >= 4 is 17.7 Å². The SMILES string of the molecule is C=C1C(=O)O[C@@H]2[C@H]3C(C)=CC(=O)C3=C(CO)C[C@@H](OC(=O)/C(C)=C/CO)[C@@H]12. The molecule has 0 aromatic rings. The molecule has 2 aliphatic carbocycles. The van der Waals surface area contributed by atoms with Gasteiger partial charge in [-0.3, -0.25) is 4.79 Å². The lowest BCUT2D eigenvalue weighted by Gasteiger charge is -2.28. The zero-order valence-electron chi connectivity index (χ0n) is 15.2. The standard InChI is InChI=1S/C20H22O7/c1-9(4-5-21)19(24)26-14-7-12(8-22)17-13(23)6-10(2)15(17)18-16(14)11(3)20(25)27-18/h4,6,14-16,18,21-22H,3,5,7-8H2,1-2H3/b9-4+/t14-,15+,16-,18-/m1/s1. The van der Waals surface area contributed by atoms with Crippen molar-refractivity contribution in [1.29, 1.82) is 0 Å². The fourth-order valence-electron chi connectivity index (χ4n) is 4.09. The Balaban J connectivity index is 2.04. The van der Waals surface area contributed by atoms with Crippen LogP contribution >= 0.6 is 0 Å². The Morgan fingerprint density at radius 2 is 2.11 bits per heavy atom. The van der Waals surface area contributed by atoms with Gasteiger partial charge in [0.2, 0.25) is 0 Å². The maximum atomic E-state index is 12.5. The topological polar surface area (TPSA) is 110 Å². The van der Waals surface area contributed by atoms with E-state index < -0.39 is 36.0 Å². The number of carbonyl (C=O) groups excluding carboxylic acids is 3. The summed E-state index contributed by atoms with van der Waals surface area (Å²) in [5, 5.41) is 18.8. The minimum Gasteiger partial charge on any atom is -0.458 e. The molecule has 1 saturated heterocycles. The van der Waals surface area contributed by atoms with E-state index in [1.165, 1.54) is 19.1 Å². The molecule has 1 heterocycles. The molecule has 0 aromatic heterocycles. The quantitative estimate of drug-likeness (QED) is 0.552. The maximum Gasteiger partial charge on any atom is 0.334 e. The monoisotopic (exact) mass is 374 g/mol. The van der Waals surface area contributed by atoms with E-state index in [0.717, 1.165) is 5.57 Å². The van der Waals surface area contributed by atoms with Gasteiger partial charge in [-0.1, -0.05) is 12.2 Å². The van der Waals surface area contributed by atoms with E-state index in [9.17, 15) is 19.5 Å². The van der Waals surface area contributed by atoms with Crippen LogP contribution in [-0.4, -0.2) is 53.4 Å². The van der Waals surface area contributed by atoms with Gasteiger partial charge in [0.15, 0.2) is 5.78 Å². The summed E-state index contributed by atoms with van der Waals surface area (Å²) >= 11 is 0. The first kappa shape index (κ1) is 19.3. The van der Waals surface area contributed by atoms with Crippen molar-refractivity contribution in [2.45, 2.75) is 32.5 Å². The van der Waals surface area contributed by atoms with E-state index >= 15 is 0 Å². The highest BCUT2D eigenvalue weighted by atomic mass is 16.6. The molecule has 1 fully saturated rings. The van der Waals surface area contributed by atoms with Crippen molar-refractivity contribution in [3.05, 3.63) is 46.6 Å². The van der Waals surface area contributed by atoms with Crippen LogP contribution in [0.5, 0.6) is 0 Å². The summed E-state index contributed by atoms with van der Waals surface area (Å²) in [7, 11) is 0. The van der Waals surface area contributed by atoms with Gasteiger partial charge in [0.05, 0.1) is 19.1 Å². The van der Waals surface area contributed by atoms with Gasteiger partial charge in [0, 0.05) is 29.1 Å². The number of carbonyl (C=O) groups is 3. The van der Waals surface area contributed by atoms with Gasteiger partial charge in [-0.05, 0) is 31.6 Å². The molecule has 2 N–H and O–H groups in total. The molecule has 0 amide bonds. The lowest BCUT2D eigenvalue weighted by molar-refractivity contribution is -0.148. The first-order valence-electron chi connectivity index (χ1n) is 8.73.